The van der Waals surface area contributed by atoms with Gasteiger partial charge in [-0.2, -0.15) is 0 Å². The number of aryl methyl sites for hydroxylation is 2. The third-order valence-electron chi connectivity index (χ3n) is 3.27. The number of nitrogens with zero attached hydrogens (tertiary/aromatic N) is 4. The standard InChI is InChI=1S/C18H15N4O.W/c1-4-23-21-16-9-17-14(12-22(3)18(17)20-11-16)6-8-15-7-5-13(2)10-19-15;/h4-5,7,9-12H,1H2,2-3H3;/q-1;. The van der Waals surface area contributed by atoms with E-state index in [4.69, 9.17) is 4.84 Å². The number of hydrogen-bond acceptors (Lipinski definition) is 3. The Morgan fingerprint density at radius 2 is 2.08 bits per heavy atom. The van der Waals surface area contributed by atoms with Gasteiger partial charge in [0.1, 0.15) is 11.3 Å². The smallest absolute Gasteiger partial charge is 0.140 e. The summed E-state index contributed by atoms with van der Waals surface area (Å²) in [4.78, 5) is 13.5. The maximum atomic E-state index is 4.85. The zero-order valence-corrected chi connectivity index (χ0v) is 16.3. The van der Waals surface area contributed by atoms with Gasteiger partial charge >= 0.3 is 0 Å². The summed E-state index contributed by atoms with van der Waals surface area (Å²) in [5.74, 6) is 6.23. The molecule has 0 amide bonds. The maximum absolute atomic E-state index is 4.85. The molecule has 0 aromatic carbocycles. The first-order valence-corrected chi connectivity index (χ1v) is 7.05. The molecule has 0 unspecified atom stereocenters. The van der Waals surface area contributed by atoms with E-state index in [2.05, 4.69) is 33.9 Å². The van der Waals surface area contributed by atoms with E-state index in [-0.39, 0.29) is 21.1 Å². The van der Waals surface area contributed by atoms with Crippen LogP contribution >= 0.6 is 0 Å². The topological polar surface area (TPSA) is 54.0 Å². The average Bonchev–Trinajstić information content (AvgIpc) is 2.88. The summed E-state index contributed by atoms with van der Waals surface area (Å²) in [5.41, 5.74) is 8.06. The molecule has 5 nitrogen and oxygen atoms in total. The van der Waals surface area contributed by atoms with E-state index in [0.717, 1.165) is 27.9 Å². The summed E-state index contributed by atoms with van der Waals surface area (Å²) >= 11 is 0. The first kappa shape index (κ1) is 17.8. The van der Waals surface area contributed by atoms with E-state index in [1.165, 1.54) is 6.26 Å². The van der Waals surface area contributed by atoms with Crippen molar-refractivity contribution < 1.29 is 25.9 Å². The molecule has 0 N–H and O–H groups in total. The van der Waals surface area contributed by atoms with Crippen molar-refractivity contribution in [2.24, 2.45) is 7.05 Å². The van der Waals surface area contributed by atoms with Crippen molar-refractivity contribution in [3.8, 4) is 11.8 Å². The molecule has 0 aliphatic carbocycles. The summed E-state index contributed by atoms with van der Waals surface area (Å²) < 4.78 is 1.93. The first-order chi connectivity index (χ1) is 11.2. The van der Waals surface area contributed by atoms with E-state index in [0.29, 0.717) is 5.69 Å². The largest absolute Gasteiger partial charge is 0.563 e. The Hall–Kier alpha value is -2.57. The molecule has 3 rings (SSSR count). The van der Waals surface area contributed by atoms with Gasteiger partial charge in [-0.3, -0.25) is 0 Å². The Morgan fingerprint density at radius 1 is 1.25 bits per heavy atom. The van der Waals surface area contributed by atoms with Gasteiger partial charge in [0.25, 0.3) is 0 Å². The fraction of sp³-hybridized carbons (Fsp3) is 0.111. The van der Waals surface area contributed by atoms with Crippen LogP contribution < -0.4 is 0 Å². The van der Waals surface area contributed by atoms with E-state index >= 15 is 0 Å². The summed E-state index contributed by atoms with van der Waals surface area (Å²) in [7, 11) is 1.93. The molecule has 0 aliphatic heterocycles. The molecule has 120 valence electrons. The van der Waals surface area contributed by atoms with Crippen LogP contribution in [-0.4, -0.2) is 14.5 Å². The minimum absolute atomic E-state index is 0. The molecule has 0 fully saturated rings. The van der Waals surface area contributed by atoms with E-state index < -0.39 is 0 Å². The number of rotatable bonds is 3. The van der Waals surface area contributed by atoms with Gasteiger partial charge in [0.05, 0.1) is 11.8 Å². The van der Waals surface area contributed by atoms with Crippen molar-refractivity contribution in [2.75, 3.05) is 0 Å². The van der Waals surface area contributed by atoms with Gasteiger partial charge in [-0.25, -0.2) is 9.97 Å². The van der Waals surface area contributed by atoms with Gasteiger partial charge in [0.2, 0.25) is 0 Å². The maximum Gasteiger partial charge on any atom is 0.140 e. The molecule has 3 aromatic heterocycles. The fourth-order valence-electron chi connectivity index (χ4n) is 2.17. The first-order valence-electron chi connectivity index (χ1n) is 7.05. The van der Waals surface area contributed by atoms with Crippen molar-refractivity contribution in [3.63, 3.8) is 0 Å². The number of fused-ring (bicyclic) bond motifs is 1. The van der Waals surface area contributed by atoms with E-state index in [9.17, 15) is 0 Å². The van der Waals surface area contributed by atoms with Gasteiger partial charge in [-0.15, -0.1) is 0 Å². The second-order valence-corrected chi connectivity index (χ2v) is 5.05. The molecule has 3 heterocycles. The molecule has 0 aliphatic rings. The van der Waals surface area contributed by atoms with Crippen molar-refractivity contribution >= 4 is 16.7 Å². The molecule has 0 radical (unpaired) electrons. The monoisotopic (exact) mass is 487 g/mol. The van der Waals surface area contributed by atoms with E-state index in [1.54, 1.807) is 12.4 Å². The average molecular weight is 487 g/mol. The van der Waals surface area contributed by atoms with Crippen LogP contribution in [0.4, 0.5) is 5.69 Å². The fourth-order valence-corrected chi connectivity index (χ4v) is 2.17. The predicted octanol–water partition coefficient (Wildman–Crippen LogP) is 3.75. The predicted molar refractivity (Wildman–Crippen MR) is 90.0 cm³/mol. The Morgan fingerprint density at radius 3 is 2.79 bits per heavy atom. The van der Waals surface area contributed by atoms with Crippen LogP contribution in [0.5, 0.6) is 0 Å². The van der Waals surface area contributed by atoms with Crippen LogP contribution in [0.2, 0.25) is 0 Å². The molecule has 0 saturated heterocycles. The number of hydrogen-bond donors (Lipinski definition) is 0. The van der Waals surface area contributed by atoms with Crippen molar-refractivity contribution in [1.29, 1.82) is 0 Å². The van der Waals surface area contributed by atoms with Crippen LogP contribution in [0.25, 0.3) is 16.5 Å². The SMILES string of the molecule is C=CO[N-]c1cnc2c(c1)c(C#Cc1ccc(C)cn1)cn2C.[W]. The summed E-state index contributed by atoms with van der Waals surface area (Å²) in [6, 6.07) is 5.79. The molecule has 0 bridgehead atoms. The second-order valence-electron chi connectivity index (χ2n) is 5.05. The van der Waals surface area contributed by atoms with Gasteiger partial charge < -0.3 is 14.9 Å². The Balaban J connectivity index is 0.00000208. The minimum atomic E-state index is 0. The van der Waals surface area contributed by atoms with Crippen LogP contribution in [0.15, 0.2) is 49.6 Å². The molecule has 0 spiro atoms. The van der Waals surface area contributed by atoms with Crippen LogP contribution in [0.3, 0.4) is 0 Å². The van der Waals surface area contributed by atoms with Gasteiger partial charge in [-0.05, 0) is 24.5 Å². The molecule has 0 atom stereocenters. The van der Waals surface area contributed by atoms with Gasteiger partial charge in [-0.1, -0.05) is 30.3 Å². The van der Waals surface area contributed by atoms with Crippen molar-refractivity contribution in [3.05, 3.63) is 71.9 Å². The quantitative estimate of drug-likeness (QED) is 0.322. The summed E-state index contributed by atoms with van der Waals surface area (Å²) in [5, 5.41) is 0.918. The van der Waals surface area contributed by atoms with Crippen molar-refractivity contribution in [2.45, 2.75) is 6.92 Å². The molecule has 24 heavy (non-hydrogen) atoms. The van der Waals surface area contributed by atoms with Crippen molar-refractivity contribution in [1.82, 2.24) is 14.5 Å². The van der Waals surface area contributed by atoms with Gasteiger partial charge in [0, 0.05) is 52.1 Å². The Kier molecular flexibility index (Phi) is 5.78. The summed E-state index contributed by atoms with van der Waals surface area (Å²) in [6.45, 7) is 5.46. The number of aromatic nitrogens is 3. The summed E-state index contributed by atoms with van der Waals surface area (Å²) in [6.07, 6.45) is 6.65. The molecule has 3 aromatic rings. The van der Waals surface area contributed by atoms with E-state index in [1.807, 2.05) is 42.9 Å². The zero-order chi connectivity index (χ0) is 16.2. The second kappa shape index (κ2) is 7.81. The van der Waals surface area contributed by atoms with Gasteiger partial charge in [0.15, 0.2) is 0 Å². The third kappa shape index (κ3) is 3.84. The normalized spacial score (nSPS) is 9.58. The zero-order valence-electron chi connectivity index (χ0n) is 13.4. The van der Waals surface area contributed by atoms with Crippen LogP contribution in [-0.2, 0) is 33.0 Å². The molecular formula is C18H15N4OW-. The third-order valence-corrected chi connectivity index (χ3v) is 3.27. The molecule has 6 heteroatoms. The number of pyridine rings is 2. The molecular weight excluding hydrogens is 472 g/mol. The Bertz CT molecular complexity index is 920. The van der Waals surface area contributed by atoms with Crippen LogP contribution in [0.1, 0.15) is 16.8 Å². The van der Waals surface area contributed by atoms with Crippen LogP contribution in [0, 0.1) is 18.8 Å². The Labute approximate surface area is 155 Å². The molecule has 0 saturated carbocycles. The minimum Gasteiger partial charge on any atom is -0.563 e.